The molecule has 1 atom stereocenters. The van der Waals surface area contributed by atoms with Gasteiger partial charge in [-0.2, -0.15) is 0 Å². The number of rotatable bonds is 3. The molecule has 0 spiro atoms. The Morgan fingerprint density at radius 1 is 1.09 bits per heavy atom. The fourth-order valence-electron chi connectivity index (χ4n) is 3.10. The molecular weight excluding hydrogens is 273 g/mol. The Kier molecular flexibility index (Phi) is 4.69. The largest absolute Gasteiger partial charge is 0.298 e. The first-order chi connectivity index (χ1) is 10.7. The van der Waals surface area contributed by atoms with E-state index < -0.39 is 0 Å². The summed E-state index contributed by atoms with van der Waals surface area (Å²) in [7, 11) is 0. The molecule has 3 rings (SSSR count). The van der Waals surface area contributed by atoms with Gasteiger partial charge in [0.25, 0.3) is 0 Å². The van der Waals surface area contributed by atoms with E-state index >= 15 is 0 Å². The first-order valence-electron chi connectivity index (χ1n) is 7.93. The Balaban J connectivity index is 1.63. The highest BCUT2D eigenvalue weighted by Crippen LogP contribution is 2.26. The van der Waals surface area contributed by atoms with Crippen LogP contribution in [-0.4, -0.2) is 18.0 Å². The van der Waals surface area contributed by atoms with Crippen molar-refractivity contribution in [3.8, 4) is 0 Å². The van der Waals surface area contributed by atoms with Gasteiger partial charge in [-0.25, -0.2) is 4.39 Å². The van der Waals surface area contributed by atoms with Gasteiger partial charge < -0.3 is 0 Å². The van der Waals surface area contributed by atoms with Crippen LogP contribution in [-0.2, 0) is 6.54 Å². The van der Waals surface area contributed by atoms with Gasteiger partial charge in [-0.3, -0.25) is 4.90 Å². The number of likely N-dealkylation sites (tertiary alicyclic amines) is 1. The van der Waals surface area contributed by atoms with Crippen LogP contribution in [0.3, 0.4) is 0 Å². The highest BCUT2D eigenvalue weighted by atomic mass is 19.1. The Morgan fingerprint density at radius 2 is 1.82 bits per heavy atom. The summed E-state index contributed by atoms with van der Waals surface area (Å²) in [5, 5.41) is 0. The number of hydrogen-bond acceptors (Lipinski definition) is 1. The van der Waals surface area contributed by atoms with Gasteiger partial charge >= 0.3 is 0 Å². The molecule has 1 saturated heterocycles. The van der Waals surface area contributed by atoms with Crippen LogP contribution in [0.15, 0.2) is 60.2 Å². The van der Waals surface area contributed by atoms with E-state index in [1.165, 1.54) is 23.3 Å². The molecule has 1 aliphatic rings. The third kappa shape index (κ3) is 3.83. The molecule has 1 nitrogen and oxygen atoms in total. The molecule has 0 saturated carbocycles. The van der Waals surface area contributed by atoms with Crippen molar-refractivity contribution in [3.63, 3.8) is 0 Å². The number of halogens is 1. The van der Waals surface area contributed by atoms with Gasteiger partial charge in [0, 0.05) is 19.6 Å². The molecule has 1 unspecified atom stereocenters. The monoisotopic (exact) mass is 295 g/mol. The van der Waals surface area contributed by atoms with Gasteiger partial charge in [0.1, 0.15) is 5.82 Å². The maximum absolute atomic E-state index is 13.0. The zero-order valence-electron chi connectivity index (χ0n) is 13.0. The lowest BCUT2D eigenvalue weighted by atomic mass is 9.91. The van der Waals surface area contributed by atoms with Crippen LogP contribution in [0.5, 0.6) is 0 Å². The van der Waals surface area contributed by atoms with Crippen LogP contribution in [0.2, 0.25) is 0 Å². The van der Waals surface area contributed by atoms with Crippen molar-refractivity contribution in [3.05, 3.63) is 77.1 Å². The summed E-state index contributed by atoms with van der Waals surface area (Å²) >= 11 is 0. The van der Waals surface area contributed by atoms with E-state index in [-0.39, 0.29) is 5.82 Å². The molecular formula is C20H22FN. The quantitative estimate of drug-likeness (QED) is 0.789. The molecule has 0 radical (unpaired) electrons. The van der Waals surface area contributed by atoms with E-state index in [9.17, 15) is 4.39 Å². The molecule has 0 bridgehead atoms. The second kappa shape index (κ2) is 6.89. The molecule has 0 aliphatic carbocycles. The SMILES string of the molecule is CC1CN(Cc2ccccc2)CCC1=Cc1ccc(F)cc1. The lowest BCUT2D eigenvalue weighted by molar-refractivity contribution is 0.214. The molecule has 2 aromatic rings. The maximum Gasteiger partial charge on any atom is 0.123 e. The average Bonchev–Trinajstić information content (AvgIpc) is 2.53. The van der Waals surface area contributed by atoms with E-state index in [4.69, 9.17) is 0 Å². The summed E-state index contributed by atoms with van der Waals surface area (Å²) in [4.78, 5) is 2.52. The zero-order chi connectivity index (χ0) is 15.4. The first kappa shape index (κ1) is 15.0. The number of hydrogen-bond donors (Lipinski definition) is 0. The van der Waals surface area contributed by atoms with Crippen LogP contribution in [0.25, 0.3) is 6.08 Å². The summed E-state index contributed by atoms with van der Waals surface area (Å²) in [6.45, 7) is 5.48. The normalized spacial score (nSPS) is 21.2. The molecule has 0 aromatic heterocycles. The van der Waals surface area contributed by atoms with Gasteiger partial charge in [-0.15, -0.1) is 0 Å². The van der Waals surface area contributed by atoms with Crippen LogP contribution in [0.4, 0.5) is 4.39 Å². The van der Waals surface area contributed by atoms with E-state index in [0.29, 0.717) is 5.92 Å². The summed E-state index contributed by atoms with van der Waals surface area (Å²) in [6.07, 6.45) is 3.31. The van der Waals surface area contributed by atoms with Crippen molar-refractivity contribution in [1.82, 2.24) is 4.90 Å². The third-order valence-corrected chi connectivity index (χ3v) is 4.35. The van der Waals surface area contributed by atoms with Crippen LogP contribution < -0.4 is 0 Å². The Bertz CT molecular complexity index is 631. The van der Waals surface area contributed by atoms with Crippen LogP contribution >= 0.6 is 0 Å². The number of piperidine rings is 1. The minimum atomic E-state index is -0.173. The summed E-state index contributed by atoms with van der Waals surface area (Å²) in [5.41, 5.74) is 3.94. The maximum atomic E-state index is 13.0. The fourth-order valence-corrected chi connectivity index (χ4v) is 3.10. The lowest BCUT2D eigenvalue weighted by Gasteiger charge is -2.33. The molecule has 0 amide bonds. The molecule has 114 valence electrons. The smallest absolute Gasteiger partial charge is 0.123 e. The lowest BCUT2D eigenvalue weighted by Crippen LogP contribution is -2.35. The predicted octanol–water partition coefficient (Wildman–Crippen LogP) is 4.75. The molecule has 1 aliphatic heterocycles. The van der Waals surface area contributed by atoms with Crippen molar-refractivity contribution in [2.75, 3.05) is 13.1 Å². The highest BCUT2D eigenvalue weighted by molar-refractivity contribution is 5.53. The second-order valence-corrected chi connectivity index (χ2v) is 6.14. The molecule has 2 heteroatoms. The van der Waals surface area contributed by atoms with Crippen molar-refractivity contribution in [2.24, 2.45) is 5.92 Å². The topological polar surface area (TPSA) is 3.24 Å². The molecule has 1 fully saturated rings. The number of nitrogens with zero attached hydrogens (tertiary/aromatic N) is 1. The summed E-state index contributed by atoms with van der Waals surface area (Å²) < 4.78 is 13.0. The van der Waals surface area contributed by atoms with Gasteiger partial charge in [0.05, 0.1) is 0 Å². The van der Waals surface area contributed by atoms with Crippen LogP contribution in [0, 0.1) is 11.7 Å². The summed E-state index contributed by atoms with van der Waals surface area (Å²) in [6, 6.07) is 17.4. The minimum Gasteiger partial charge on any atom is -0.298 e. The highest BCUT2D eigenvalue weighted by Gasteiger charge is 2.20. The van der Waals surface area contributed by atoms with E-state index in [1.807, 2.05) is 12.1 Å². The van der Waals surface area contributed by atoms with Gasteiger partial charge in [0.2, 0.25) is 0 Å². The Labute approximate surface area is 132 Å². The first-order valence-corrected chi connectivity index (χ1v) is 7.93. The summed E-state index contributed by atoms with van der Waals surface area (Å²) in [5.74, 6) is 0.371. The minimum absolute atomic E-state index is 0.173. The van der Waals surface area contributed by atoms with Crippen molar-refractivity contribution in [2.45, 2.75) is 19.9 Å². The Hall–Kier alpha value is -1.93. The van der Waals surface area contributed by atoms with Crippen molar-refractivity contribution < 1.29 is 4.39 Å². The van der Waals surface area contributed by atoms with E-state index in [1.54, 1.807) is 0 Å². The van der Waals surface area contributed by atoms with Crippen molar-refractivity contribution in [1.29, 1.82) is 0 Å². The third-order valence-electron chi connectivity index (χ3n) is 4.35. The molecule has 1 heterocycles. The van der Waals surface area contributed by atoms with Gasteiger partial charge in [0.15, 0.2) is 0 Å². The van der Waals surface area contributed by atoms with Gasteiger partial charge in [-0.05, 0) is 35.6 Å². The zero-order valence-corrected chi connectivity index (χ0v) is 13.0. The molecule has 2 aromatic carbocycles. The van der Waals surface area contributed by atoms with Crippen molar-refractivity contribution >= 4 is 6.08 Å². The second-order valence-electron chi connectivity index (χ2n) is 6.14. The van der Waals surface area contributed by atoms with Gasteiger partial charge in [-0.1, -0.05) is 61.0 Å². The average molecular weight is 295 g/mol. The van der Waals surface area contributed by atoms with Crippen LogP contribution in [0.1, 0.15) is 24.5 Å². The van der Waals surface area contributed by atoms with E-state index in [0.717, 1.165) is 31.6 Å². The standard InChI is InChI=1S/C20H22FN/c1-16-14-22(15-18-5-3-2-4-6-18)12-11-19(16)13-17-7-9-20(21)10-8-17/h2-10,13,16H,11-12,14-15H2,1H3. The number of benzene rings is 2. The fraction of sp³-hybridized carbons (Fsp3) is 0.300. The molecule has 0 N–H and O–H groups in total. The molecule has 22 heavy (non-hydrogen) atoms. The Morgan fingerprint density at radius 3 is 2.50 bits per heavy atom. The van der Waals surface area contributed by atoms with E-state index in [2.05, 4.69) is 48.2 Å². The predicted molar refractivity (Wildman–Crippen MR) is 89.9 cm³/mol.